The summed E-state index contributed by atoms with van der Waals surface area (Å²) >= 11 is 6.11. The van der Waals surface area contributed by atoms with Crippen molar-refractivity contribution >= 4 is 17.2 Å². The molecule has 1 N–H and O–H groups in total. The number of H-pyrrole nitrogens is 1. The van der Waals surface area contributed by atoms with Crippen molar-refractivity contribution in [3.8, 4) is 0 Å². The third-order valence-corrected chi connectivity index (χ3v) is 3.05. The highest BCUT2D eigenvalue weighted by molar-refractivity contribution is 6.31. The first-order valence-electron chi connectivity index (χ1n) is 5.76. The molecule has 0 fully saturated rings. The molecule has 2 nitrogen and oxygen atoms in total. The second kappa shape index (κ2) is 6.45. The number of imidazole rings is 1. The van der Waals surface area contributed by atoms with Crippen molar-refractivity contribution in [1.82, 2.24) is 9.97 Å². The summed E-state index contributed by atoms with van der Waals surface area (Å²) in [7, 11) is 0. The summed E-state index contributed by atoms with van der Waals surface area (Å²) < 4.78 is 0. The fourth-order valence-electron chi connectivity index (χ4n) is 1.28. The molecule has 0 saturated heterocycles. The van der Waals surface area contributed by atoms with Crippen LogP contribution in [-0.4, -0.2) is 9.97 Å². The zero-order chi connectivity index (χ0) is 12.8. The van der Waals surface area contributed by atoms with Gasteiger partial charge in [-0.2, -0.15) is 0 Å². The van der Waals surface area contributed by atoms with E-state index in [1.54, 1.807) is 0 Å². The Labute approximate surface area is 108 Å². The summed E-state index contributed by atoms with van der Waals surface area (Å²) in [6, 6.07) is 0. The van der Waals surface area contributed by atoms with E-state index in [1.165, 1.54) is 5.57 Å². The molecule has 0 aromatic carbocycles. The topological polar surface area (TPSA) is 28.7 Å². The van der Waals surface area contributed by atoms with Gasteiger partial charge in [0.05, 0.1) is 0 Å². The average molecular weight is 251 g/mol. The van der Waals surface area contributed by atoms with Gasteiger partial charge in [-0.05, 0) is 38.8 Å². The third kappa shape index (κ3) is 4.23. The zero-order valence-corrected chi connectivity index (χ0v) is 11.6. The number of allylic oxidation sites excluding steroid dienone is 6. The standard InChI is InChI=1S/C14H19ClN2/c1-5-10(2)13(15)8-6-7-11(3)14-16-9-12(4)17-14/h6-9H,5H2,1-4H3,(H,16,17). The van der Waals surface area contributed by atoms with E-state index in [4.69, 9.17) is 11.6 Å². The van der Waals surface area contributed by atoms with E-state index < -0.39 is 0 Å². The lowest BCUT2D eigenvalue weighted by atomic mass is 10.2. The van der Waals surface area contributed by atoms with Crippen LogP contribution in [0.2, 0.25) is 0 Å². The van der Waals surface area contributed by atoms with Gasteiger partial charge >= 0.3 is 0 Å². The number of hydrogen-bond donors (Lipinski definition) is 1. The van der Waals surface area contributed by atoms with E-state index in [0.717, 1.165) is 28.5 Å². The summed E-state index contributed by atoms with van der Waals surface area (Å²) in [5, 5.41) is 0.812. The van der Waals surface area contributed by atoms with Crippen LogP contribution in [0.5, 0.6) is 0 Å². The van der Waals surface area contributed by atoms with Gasteiger partial charge in [-0.25, -0.2) is 4.98 Å². The molecule has 1 aromatic heterocycles. The normalized spacial score (nSPS) is 14.3. The van der Waals surface area contributed by atoms with Gasteiger partial charge in [0.1, 0.15) is 5.82 Å². The van der Waals surface area contributed by atoms with Gasteiger partial charge in [-0.1, -0.05) is 36.2 Å². The number of aromatic nitrogens is 2. The van der Waals surface area contributed by atoms with Crippen LogP contribution < -0.4 is 0 Å². The molecule has 0 amide bonds. The Morgan fingerprint density at radius 2 is 2.18 bits per heavy atom. The van der Waals surface area contributed by atoms with Crippen molar-refractivity contribution in [2.75, 3.05) is 0 Å². The summed E-state index contributed by atoms with van der Waals surface area (Å²) in [5.41, 5.74) is 3.35. The van der Waals surface area contributed by atoms with E-state index in [0.29, 0.717) is 0 Å². The molecule has 0 aliphatic heterocycles. The van der Waals surface area contributed by atoms with Gasteiger partial charge < -0.3 is 4.98 Å². The Morgan fingerprint density at radius 3 is 2.71 bits per heavy atom. The van der Waals surface area contributed by atoms with Crippen LogP contribution in [0.1, 0.15) is 38.7 Å². The van der Waals surface area contributed by atoms with E-state index >= 15 is 0 Å². The zero-order valence-electron chi connectivity index (χ0n) is 10.8. The maximum Gasteiger partial charge on any atom is 0.133 e. The Morgan fingerprint density at radius 1 is 1.47 bits per heavy atom. The number of aryl methyl sites for hydroxylation is 1. The number of aromatic amines is 1. The molecule has 0 saturated carbocycles. The van der Waals surface area contributed by atoms with Crippen molar-refractivity contribution in [2.24, 2.45) is 0 Å². The van der Waals surface area contributed by atoms with Crippen molar-refractivity contribution in [3.63, 3.8) is 0 Å². The van der Waals surface area contributed by atoms with Crippen LogP contribution in [0.3, 0.4) is 0 Å². The van der Waals surface area contributed by atoms with E-state index in [9.17, 15) is 0 Å². The molecule has 0 radical (unpaired) electrons. The number of rotatable bonds is 4. The molecular weight excluding hydrogens is 232 g/mol. The van der Waals surface area contributed by atoms with Gasteiger partial charge in [0.2, 0.25) is 0 Å². The molecule has 17 heavy (non-hydrogen) atoms. The highest BCUT2D eigenvalue weighted by Crippen LogP contribution is 2.14. The summed E-state index contributed by atoms with van der Waals surface area (Å²) in [6.07, 6.45) is 8.67. The Balaban J connectivity index is 2.75. The average Bonchev–Trinajstić information content (AvgIpc) is 2.74. The van der Waals surface area contributed by atoms with Gasteiger partial charge in [-0.15, -0.1) is 0 Å². The minimum Gasteiger partial charge on any atom is -0.342 e. The maximum atomic E-state index is 6.11. The first-order chi connectivity index (χ1) is 8.04. The van der Waals surface area contributed by atoms with E-state index in [2.05, 4.69) is 16.9 Å². The molecule has 0 unspecified atom stereocenters. The lowest BCUT2D eigenvalue weighted by molar-refractivity contribution is 1.09. The van der Waals surface area contributed by atoms with Crippen molar-refractivity contribution in [1.29, 1.82) is 0 Å². The predicted octanol–water partition coefficient (Wildman–Crippen LogP) is 4.60. The minimum atomic E-state index is 0.812. The number of nitrogens with one attached hydrogen (secondary N) is 1. The fraction of sp³-hybridized carbons (Fsp3) is 0.357. The second-order valence-corrected chi connectivity index (χ2v) is 4.51. The Hall–Kier alpha value is -1.28. The van der Waals surface area contributed by atoms with Crippen LogP contribution in [0.4, 0.5) is 0 Å². The molecular formula is C14H19ClN2. The molecule has 0 atom stereocenters. The SMILES string of the molecule is CCC(C)=C(Cl)C=CC=C(C)c1ncc(C)[nH]1. The number of hydrogen-bond acceptors (Lipinski definition) is 1. The summed E-state index contributed by atoms with van der Waals surface area (Å²) in [4.78, 5) is 7.45. The largest absolute Gasteiger partial charge is 0.342 e. The molecule has 1 rings (SSSR count). The predicted molar refractivity (Wildman–Crippen MR) is 75.0 cm³/mol. The van der Waals surface area contributed by atoms with Crippen molar-refractivity contribution in [3.05, 3.63) is 46.5 Å². The fourth-order valence-corrected chi connectivity index (χ4v) is 1.49. The highest BCUT2D eigenvalue weighted by Gasteiger charge is 1.97. The van der Waals surface area contributed by atoms with Gasteiger partial charge in [0.15, 0.2) is 0 Å². The number of halogens is 1. The van der Waals surface area contributed by atoms with E-state index in [1.807, 2.05) is 45.2 Å². The van der Waals surface area contributed by atoms with Crippen LogP contribution in [0.25, 0.3) is 5.57 Å². The highest BCUT2D eigenvalue weighted by atomic mass is 35.5. The molecule has 1 aromatic rings. The lowest BCUT2D eigenvalue weighted by Gasteiger charge is -1.96. The molecule has 92 valence electrons. The Bertz CT molecular complexity index is 464. The van der Waals surface area contributed by atoms with Gasteiger partial charge in [0.25, 0.3) is 0 Å². The number of nitrogens with zero attached hydrogens (tertiary/aromatic N) is 1. The monoisotopic (exact) mass is 250 g/mol. The van der Waals surface area contributed by atoms with Gasteiger partial charge in [-0.3, -0.25) is 0 Å². The molecule has 0 aliphatic rings. The van der Waals surface area contributed by atoms with Crippen LogP contribution in [0, 0.1) is 6.92 Å². The van der Waals surface area contributed by atoms with Crippen molar-refractivity contribution < 1.29 is 0 Å². The molecule has 0 bridgehead atoms. The molecule has 1 heterocycles. The first-order valence-corrected chi connectivity index (χ1v) is 6.14. The lowest BCUT2D eigenvalue weighted by Crippen LogP contribution is -1.82. The second-order valence-electron chi connectivity index (χ2n) is 4.11. The maximum absolute atomic E-state index is 6.11. The summed E-state index contributed by atoms with van der Waals surface area (Å²) in [6.45, 7) is 8.15. The van der Waals surface area contributed by atoms with Crippen LogP contribution in [0.15, 0.2) is 35.0 Å². The molecule has 0 aliphatic carbocycles. The molecule has 3 heteroatoms. The first kappa shape index (κ1) is 13.8. The third-order valence-electron chi connectivity index (χ3n) is 2.60. The quantitative estimate of drug-likeness (QED) is 0.778. The van der Waals surface area contributed by atoms with Crippen LogP contribution in [-0.2, 0) is 0 Å². The smallest absolute Gasteiger partial charge is 0.133 e. The van der Waals surface area contributed by atoms with Crippen molar-refractivity contribution in [2.45, 2.75) is 34.1 Å². The van der Waals surface area contributed by atoms with E-state index in [-0.39, 0.29) is 0 Å². The van der Waals surface area contributed by atoms with Crippen LogP contribution >= 0.6 is 11.6 Å². The van der Waals surface area contributed by atoms with Gasteiger partial charge in [0, 0.05) is 16.9 Å². The minimum absolute atomic E-state index is 0.812. The summed E-state index contributed by atoms with van der Waals surface area (Å²) in [5.74, 6) is 0.902. The molecule has 0 spiro atoms. The Kier molecular flexibility index (Phi) is 5.23.